The summed E-state index contributed by atoms with van der Waals surface area (Å²) in [6.07, 6.45) is 7.93. The molecule has 0 aromatic carbocycles. The molecule has 1 aliphatic carbocycles. The minimum Gasteiger partial charge on any atom is -0.354 e. The number of hydrogen-bond donors (Lipinski definition) is 1. The van der Waals surface area contributed by atoms with Crippen molar-refractivity contribution in [1.82, 2.24) is 10.2 Å². The van der Waals surface area contributed by atoms with E-state index >= 15 is 0 Å². The molecule has 0 aromatic heterocycles. The van der Waals surface area contributed by atoms with E-state index in [1.54, 1.807) is 6.92 Å². The molecule has 0 radical (unpaired) electrons. The molecule has 2 aliphatic heterocycles. The Morgan fingerprint density at radius 1 is 1.12 bits per heavy atom. The van der Waals surface area contributed by atoms with E-state index in [-0.39, 0.29) is 5.91 Å². The van der Waals surface area contributed by atoms with Crippen molar-refractivity contribution >= 4 is 5.91 Å². The summed E-state index contributed by atoms with van der Waals surface area (Å²) in [6, 6.07) is 1.30. The summed E-state index contributed by atoms with van der Waals surface area (Å²) in [5.74, 6) is 1.84. The van der Waals surface area contributed by atoms with Crippen LogP contribution in [-0.2, 0) is 4.79 Å². The molecule has 3 aliphatic rings. The Hall–Kier alpha value is -0.570. The molecule has 17 heavy (non-hydrogen) atoms. The maximum absolute atomic E-state index is 11.2. The van der Waals surface area contributed by atoms with Crippen LogP contribution >= 0.6 is 0 Å². The second-order valence-corrected chi connectivity index (χ2v) is 6.20. The smallest absolute Gasteiger partial charge is 0.217 e. The van der Waals surface area contributed by atoms with Crippen molar-refractivity contribution in [3.63, 3.8) is 0 Å². The van der Waals surface area contributed by atoms with Gasteiger partial charge in [0.2, 0.25) is 5.91 Å². The summed E-state index contributed by atoms with van der Waals surface area (Å²) in [6.45, 7) is 4.30. The minimum absolute atomic E-state index is 0.150. The molecule has 1 N–H and O–H groups in total. The van der Waals surface area contributed by atoms with Gasteiger partial charge in [0.25, 0.3) is 0 Å². The maximum atomic E-state index is 11.2. The lowest BCUT2D eigenvalue weighted by Gasteiger charge is -2.53. The SMILES string of the molecule is CC(=O)NC1C[C@H]2CCCN3CCC[C@@H](C1)C23. The van der Waals surface area contributed by atoms with E-state index < -0.39 is 0 Å². The Labute approximate surface area is 104 Å². The summed E-state index contributed by atoms with van der Waals surface area (Å²) in [7, 11) is 0. The Bertz CT molecular complexity index is 285. The number of carbonyl (C=O) groups is 1. The Morgan fingerprint density at radius 2 is 1.71 bits per heavy atom. The normalized spacial score (nSPS) is 41.7. The molecule has 2 saturated heterocycles. The number of carbonyl (C=O) groups excluding carboxylic acids is 1. The number of nitrogens with one attached hydrogen (secondary N) is 1. The highest BCUT2D eigenvalue weighted by atomic mass is 16.1. The molecule has 2 unspecified atom stereocenters. The molecule has 1 saturated carbocycles. The van der Waals surface area contributed by atoms with Crippen LogP contribution in [0.4, 0.5) is 0 Å². The third-order valence-corrected chi connectivity index (χ3v) is 5.01. The van der Waals surface area contributed by atoms with Gasteiger partial charge in [-0.2, -0.15) is 0 Å². The van der Waals surface area contributed by atoms with E-state index in [0.29, 0.717) is 6.04 Å². The zero-order valence-electron chi connectivity index (χ0n) is 10.8. The maximum Gasteiger partial charge on any atom is 0.217 e. The fourth-order valence-electron chi connectivity index (χ4n) is 4.59. The first-order valence-electron chi connectivity index (χ1n) is 7.25. The van der Waals surface area contributed by atoms with Crippen molar-refractivity contribution < 1.29 is 4.79 Å². The largest absolute Gasteiger partial charge is 0.354 e. The Morgan fingerprint density at radius 3 is 2.24 bits per heavy atom. The van der Waals surface area contributed by atoms with E-state index in [1.807, 2.05) is 0 Å². The Kier molecular flexibility index (Phi) is 3.12. The highest BCUT2D eigenvalue weighted by Crippen LogP contribution is 2.43. The summed E-state index contributed by atoms with van der Waals surface area (Å²) in [4.78, 5) is 14.0. The first-order chi connectivity index (χ1) is 8.24. The van der Waals surface area contributed by atoms with Crippen molar-refractivity contribution in [3.8, 4) is 0 Å². The van der Waals surface area contributed by atoms with E-state index in [2.05, 4.69) is 10.2 Å². The third-order valence-electron chi connectivity index (χ3n) is 5.01. The fraction of sp³-hybridized carbons (Fsp3) is 0.929. The van der Waals surface area contributed by atoms with Crippen LogP contribution in [0.25, 0.3) is 0 Å². The molecule has 0 spiro atoms. The van der Waals surface area contributed by atoms with Gasteiger partial charge < -0.3 is 5.32 Å². The van der Waals surface area contributed by atoms with E-state index in [0.717, 1.165) is 17.9 Å². The molecule has 3 nitrogen and oxygen atoms in total. The fourth-order valence-corrected chi connectivity index (χ4v) is 4.59. The first-order valence-corrected chi connectivity index (χ1v) is 7.25. The second-order valence-electron chi connectivity index (χ2n) is 6.20. The van der Waals surface area contributed by atoms with Crippen LogP contribution in [0, 0.1) is 11.8 Å². The molecule has 4 atom stereocenters. The number of piperidine rings is 2. The average Bonchev–Trinajstić information content (AvgIpc) is 2.28. The van der Waals surface area contributed by atoms with Crippen LogP contribution in [0.15, 0.2) is 0 Å². The number of amides is 1. The van der Waals surface area contributed by atoms with Crippen molar-refractivity contribution in [2.45, 2.75) is 57.5 Å². The van der Waals surface area contributed by atoms with Crippen LogP contribution in [0.5, 0.6) is 0 Å². The molecule has 0 bridgehead atoms. The lowest BCUT2D eigenvalue weighted by molar-refractivity contribution is -0.120. The van der Waals surface area contributed by atoms with Crippen LogP contribution in [0.2, 0.25) is 0 Å². The quantitative estimate of drug-likeness (QED) is 0.752. The van der Waals surface area contributed by atoms with Gasteiger partial charge in [0.15, 0.2) is 0 Å². The van der Waals surface area contributed by atoms with Crippen LogP contribution in [0.1, 0.15) is 45.4 Å². The number of rotatable bonds is 1. The van der Waals surface area contributed by atoms with E-state index in [1.165, 1.54) is 51.6 Å². The highest BCUT2D eigenvalue weighted by molar-refractivity contribution is 5.73. The monoisotopic (exact) mass is 236 g/mol. The van der Waals surface area contributed by atoms with Crippen LogP contribution in [-0.4, -0.2) is 36.0 Å². The van der Waals surface area contributed by atoms with Gasteiger partial charge in [0.05, 0.1) is 0 Å². The van der Waals surface area contributed by atoms with Crippen molar-refractivity contribution in [2.24, 2.45) is 11.8 Å². The van der Waals surface area contributed by atoms with Gasteiger partial charge in [-0.25, -0.2) is 0 Å². The van der Waals surface area contributed by atoms with Gasteiger partial charge in [-0.3, -0.25) is 9.69 Å². The molecule has 2 heterocycles. The molecule has 3 rings (SSSR count). The van der Waals surface area contributed by atoms with Gasteiger partial charge in [0.1, 0.15) is 0 Å². The van der Waals surface area contributed by atoms with Gasteiger partial charge in [-0.15, -0.1) is 0 Å². The molecule has 1 amide bonds. The van der Waals surface area contributed by atoms with Crippen molar-refractivity contribution in [2.75, 3.05) is 13.1 Å². The number of hydrogen-bond acceptors (Lipinski definition) is 2. The highest BCUT2D eigenvalue weighted by Gasteiger charge is 2.44. The number of nitrogens with zero attached hydrogens (tertiary/aromatic N) is 1. The molecular formula is C14H24N2O. The predicted molar refractivity (Wildman–Crippen MR) is 67.6 cm³/mol. The third kappa shape index (κ3) is 2.22. The molecule has 3 heteroatoms. The molecular weight excluding hydrogens is 212 g/mol. The first kappa shape index (κ1) is 11.5. The minimum atomic E-state index is 0.150. The molecule has 3 fully saturated rings. The lowest BCUT2D eigenvalue weighted by atomic mass is 9.67. The van der Waals surface area contributed by atoms with E-state index in [9.17, 15) is 4.79 Å². The summed E-state index contributed by atoms with van der Waals surface area (Å²) >= 11 is 0. The topological polar surface area (TPSA) is 32.3 Å². The zero-order chi connectivity index (χ0) is 11.8. The summed E-state index contributed by atoms with van der Waals surface area (Å²) in [5, 5.41) is 3.16. The van der Waals surface area contributed by atoms with Gasteiger partial charge >= 0.3 is 0 Å². The Balaban J connectivity index is 1.72. The standard InChI is InChI=1S/C14H24N2O/c1-10(17)15-13-8-11-4-2-6-16-7-3-5-12(9-13)14(11)16/h11-14H,2-9H2,1H3,(H,15,17)/t11-,12+,13?,14?. The van der Waals surface area contributed by atoms with Crippen molar-refractivity contribution in [3.05, 3.63) is 0 Å². The zero-order valence-corrected chi connectivity index (χ0v) is 10.8. The predicted octanol–water partition coefficient (Wildman–Crippen LogP) is 1.78. The summed E-state index contributed by atoms with van der Waals surface area (Å²) in [5.41, 5.74) is 0. The molecule has 0 aromatic rings. The molecule has 96 valence electrons. The second kappa shape index (κ2) is 4.60. The lowest BCUT2D eigenvalue weighted by Crippen LogP contribution is -2.58. The summed E-state index contributed by atoms with van der Waals surface area (Å²) < 4.78 is 0. The van der Waals surface area contributed by atoms with Gasteiger partial charge in [-0.1, -0.05) is 0 Å². The average molecular weight is 236 g/mol. The van der Waals surface area contributed by atoms with E-state index in [4.69, 9.17) is 0 Å². The van der Waals surface area contributed by atoms with Crippen LogP contribution in [0.3, 0.4) is 0 Å². The van der Waals surface area contributed by atoms with Gasteiger partial charge in [0, 0.05) is 19.0 Å². The van der Waals surface area contributed by atoms with Gasteiger partial charge in [-0.05, 0) is 63.5 Å². The van der Waals surface area contributed by atoms with Crippen molar-refractivity contribution in [1.29, 1.82) is 0 Å². The van der Waals surface area contributed by atoms with Crippen LogP contribution < -0.4 is 5.32 Å².